The Bertz CT molecular complexity index is 2830. The Morgan fingerprint density at radius 1 is 0.373 bits per heavy atom. The van der Waals surface area contributed by atoms with Gasteiger partial charge in [0.25, 0.3) is 0 Å². The van der Waals surface area contributed by atoms with E-state index in [0.29, 0.717) is 0 Å². The minimum Gasteiger partial charge on any atom is -0.455 e. The molecule has 3 nitrogen and oxygen atoms in total. The van der Waals surface area contributed by atoms with Crippen LogP contribution in [0.15, 0.2) is 199 Å². The number of para-hydroxylation sites is 3. The highest BCUT2D eigenvalue weighted by molar-refractivity contribution is 6.10. The number of fused-ring (bicyclic) bond motifs is 6. The number of anilines is 3. The smallest absolute Gasteiger partial charge is 0.142 e. The van der Waals surface area contributed by atoms with Crippen molar-refractivity contribution in [3.8, 4) is 28.1 Å². The van der Waals surface area contributed by atoms with Crippen molar-refractivity contribution in [2.75, 3.05) is 4.90 Å². The van der Waals surface area contributed by atoms with E-state index in [1.54, 1.807) is 0 Å². The van der Waals surface area contributed by atoms with Crippen LogP contribution in [-0.4, -0.2) is 4.57 Å². The van der Waals surface area contributed by atoms with Crippen molar-refractivity contribution in [2.45, 2.75) is 0 Å². The fourth-order valence-electron chi connectivity index (χ4n) is 7.53. The first-order chi connectivity index (χ1) is 25.3. The van der Waals surface area contributed by atoms with E-state index in [0.717, 1.165) is 61.4 Å². The minimum atomic E-state index is 0.890. The van der Waals surface area contributed by atoms with Crippen molar-refractivity contribution in [3.05, 3.63) is 194 Å². The molecule has 0 aliphatic rings. The number of hydrogen-bond donors (Lipinski definition) is 0. The lowest BCUT2D eigenvalue weighted by Gasteiger charge is -2.26. The molecule has 0 spiro atoms. The summed E-state index contributed by atoms with van der Waals surface area (Å²) in [4.78, 5) is 2.34. The number of furan rings is 1. The van der Waals surface area contributed by atoms with Crippen LogP contribution in [0.25, 0.3) is 71.7 Å². The maximum atomic E-state index is 6.41. The first-order valence-corrected chi connectivity index (χ1v) is 17.3. The molecule has 0 aliphatic carbocycles. The van der Waals surface area contributed by atoms with Gasteiger partial charge in [0.2, 0.25) is 0 Å². The Morgan fingerprint density at radius 2 is 0.980 bits per heavy atom. The van der Waals surface area contributed by atoms with Gasteiger partial charge in [-0.3, -0.25) is 0 Å². The Balaban J connectivity index is 1.05. The fourth-order valence-corrected chi connectivity index (χ4v) is 7.53. The average Bonchev–Trinajstić information content (AvgIpc) is 3.79. The summed E-state index contributed by atoms with van der Waals surface area (Å²) in [5, 5.41) is 5.88. The van der Waals surface area contributed by atoms with Gasteiger partial charge < -0.3 is 13.9 Å². The topological polar surface area (TPSA) is 21.3 Å². The zero-order valence-corrected chi connectivity index (χ0v) is 27.8. The maximum Gasteiger partial charge on any atom is 0.142 e. The lowest BCUT2D eigenvalue weighted by atomic mass is 9.99. The number of rotatable bonds is 6. The molecule has 10 rings (SSSR count). The first kappa shape index (κ1) is 29.1. The maximum absolute atomic E-state index is 6.41. The highest BCUT2D eigenvalue weighted by Crippen LogP contribution is 2.41. The number of benzene rings is 8. The molecule has 0 fully saturated rings. The predicted molar refractivity (Wildman–Crippen MR) is 214 cm³/mol. The summed E-state index contributed by atoms with van der Waals surface area (Å²) in [5.74, 6) is 0.890. The van der Waals surface area contributed by atoms with Crippen LogP contribution >= 0.6 is 0 Å². The molecule has 0 amide bonds. The summed E-state index contributed by atoms with van der Waals surface area (Å²) >= 11 is 0. The van der Waals surface area contributed by atoms with Gasteiger partial charge in [0.1, 0.15) is 11.3 Å². The third kappa shape index (κ3) is 4.98. The molecule has 0 aliphatic heterocycles. The molecule has 0 saturated carbocycles. The van der Waals surface area contributed by atoms with Crippen LogP contribution in [0.4, 0.5) is 17.1 Å². The van der Waals surface area contributed by atoms with Gasteiger partial charge in [0.15, 0.2) is 0 Å². The molecule has 0 unspecified atom stereocenters. The lowest BCUT2D eigenvalue weighted by Crippen LogP contribution is -2.10. The van der Waals surface area contributed by atoms with E-state index in [-0.39, 0.29) is 0 Å². The summed E-state index contributed by atoms with van der Waals surface area (Å²) in [5.41, 5.74) is 11.2. The van der Waals surface area contributed by atoms with Crippen LogP contribution in [0.2, 0.25) is 0 Å². The summed E-state index contributed by atoms with van der Waals surface area (Å²) in [6.45, 7) is 0. The zero-order valence-electron chi connectivity index (χ0n) is 27.8. The van der Waals surface area contributed by atoms with E-state index in [2.05, 4.69) is 185 Å². The molecule has 2 heterocycles. The quantitative estimate of drug-likeness (QED) is 0.178. The van der Waals surface area contributed by atoms with E-state index in [4.69, 9.17) is 4.42 Å². The molecule has 0 bridgehead atoms. The molecule has 2 aromatic heterocycles. The third-order valence-electron chi connectivity index (χ3n) is 9.96. The first-order valence-electron chi connectivity index (χ1n) is 17.3. The van der Waals surface area contributed by atoms with Gasteiger partial charge in [-0.1, -0.05) is 121 Å². The average molecular weight is 653 g/mol. The lowest BCUT2D eigenvalue weighted by molar-refractivity contribution is 0.635. The van der Waals surface area contributed by atoms with Crippen molar-refractivity contribution in [1.82, 2.24) is 4.57 Å². The van der Waals surface area contributed by atoms with Gasteiger partial charge in [-0.05, 0) is 89.3 Å². The number of nitrogens with zero attached hydrogens (tertiary/aromatic N) is 2. The van der Waals surface area contributed by atoms with Crippen LogP contribution in [-0.2, 0) is 0 Å². The van der Waals surface area contributed by atoms with E-state index >= 15 is 0 Å². The van der Waals surface area contributed by atoms with Crippen molar-refractivity contribution in [1.29, 1.82) is 0 Å². The minimum absolute atomic E-state index is 0.890. The molecule has 240 valence electrons. The second-order valence-corrected chi connectivity index (χ2v) is 13.0. The second-order valence-electron chi connectivity index (χ2n) is 13.0. The van der Waals surface area contributed by atoms with Crippen LogP contribution < -0.4 is 4.90 Å². The zero-order chi connectivity index (χ0) is 33.7. The molecule has 51 heavy (non-hydrogen) atoms. The van der Waals surface area contributed by atoms with E-state index < -0.39 is 0 Å². The van der Waals surface area contributed by atoms with Crippen LogP contribution in [0.5, 0.6) is 0 Å². The highest BCUT2D eigenvalue weighted by Gasteiger charge is 2.18. The SMILES string of the molecule is c1ccc(-c2cc3ccc4cc(-c5ccc(N(c6ccccc6)c6ccc7c8ccccc8n(-c8ccccc8)c7c6)cc5)ccc4c3o2)cc1. The molecule has 0 N–H and O–H groups in total. The molecule has 3 heteroatoms. The van der Waals surface area contributed by atoms with Gasteiger partial charge in [0, 0.05) is 49.9 Å². The van der Waals surface area contributed by atoms with E-state index in [1.807, 2.05) is 18.2 Å². The van der Waals surface area contributed by atoms with Gasteiger partial charge >= 0.3 is 0 Å². The molecule has 8 aromatic carbocycles. The molecular formula is C48H32N2O. The number of aromatic nitrogens is 1. The summed E-state index contributed by atoms with van der Waals surface area (Å²) in [6.07, 6.45) is 0. The molecule has 0 saturated heterocycles. The normalized spacial score (nSPS) is 11.5. The standard InChI is InChI=1S/C48H32N2O/c1-4-12-34(13-5-1)47-31-37-21-20-36-30-35(24-28-42(36)48(37)51-47)33-22-25-40(26-23-33)49(38-14-6-2-7-15-38)41-27-29-44-43-18-10-11-19-45(43)50(46(44)32-41)39-16-8-3-9-17-39/h1-32H. The van der Waals surface area contributed by atoms with Crippen LogP contribution in [0.3, 0.4) is 0 Å². The monoisotopic (exact) mass is 652 g/mol. The Morgan fingerprint density at radius 3 is 1.78 bits per heavy atom. The van der Waals surface area contributed by atoms with Crippen molar-refractivity contribution in [3.63, 3.8) is 0 Å². The molecular weight excluding hydrogens is 621 g/mol. The van der Waals surface area contributed by atoms with Gasteiger partial charge in [-0.2, -0.15) is 0 Å². The Labute approximate surface area is 295 Å². The van der Waals surface area contributed by atoms with Crippen LogP contribution in [0.1, 0.15) is 0 Å². The van der Waals surface area contributed by atoms with Gasteiger partial charge in [0.05, 0.1) is 11.0 Å². The van der Waals surface area contributed by atoms with Crippen molar-refractivity contribution >= 4 is 60.6 Å². The van der Waals surface area contributed by atoms with Crippen molar-refractivity contribution < 1.29 is 4.42 Å². The summed E-state index contributed by atoms with van der Waals surface area (Å²) in [6, 6.07) is 69.1. The van der Waals surface area contributed by atoms with Gasteiger partial charge in [-0.15, -0.1) is 0 Å². The molecule has 0 atom stereocenters. The van der Waals surface area contributed by atoms with Crippen LogP contribution in [0, 0.1) is 0 Å². The third-order valence-corrected chi connectivity index (χ3v) is 9.96. The van der Waals surface area contributed by atoms with E-state index in [1.165, 1.54) is 27.4 Å². The number of hydrogen-bond acceptors (Lipinski definition) is 2. The Kier molecular flexibility index (Phi) is 6.81. The van der Waals surface area contributed by atoms with E-state index in [9.17, 15) is 0 Å². The highest BCUT2D eigenvalue weighted by atomic mass is 16.3. The van der Waals surface area contributed by atoms with Crippen molar-refractivity contribution in [2.24, 2.45) is 0 Å². The Hall–Kier alpha value is -6.84. The fraction of sp³-hybridized carbons (Fsp3) is 0. The van der Waals surface area contributed by atoms with Gasteiger partial charge in [-0.25, -0.2) is 0 Å². The molecule has 0 radical (unpaired) electrons. The second kappa shape index (κ2) is 11.9. The predicted octanol–water partition coefficient (Wildman–Crippen LogP) is 13.5. The largest absolute Gasteiger partial charge is 0.455 e. The molecule has 10 aromatic rings. The summed E-state index contributed by atoms with van der Waals surface area (Å²) in [7, 11) is 0. The summed E-state index contributed by atoms with van der Waals surface area (Å²) < 4.78 is 8.78.